The Labute approximate surface area is 260 Å². The fourth-order valence-electron chi connectivity index (χ4n) is 6.18. The first-order valence-corrected chi connectivity index (χ1v) is 15.0. The summed E-state index contributed by atoms with van der Waals surface area (Å²) in [6.45, 7) is 2.20. The molecule has 0 unspecified atom stereocenters. The summed E-state index contributed by atoms with van der Waals surface area (Å²) in [5.41, 5.74) is 9.17. The average Bonchev–Trinajstić information content (AvgIpc) is 3.43. The van der Waals surface area contributed by atoms with Gasteiger partial charge < -0.3 is 25.7 Å². The number of carboxylic acids is 1. The first-order valence-electron chi connectivity index (χ1n) is 15.0. The van der Waals surface area contributed by atoms with Crippen molar-refractivity contribution >= 4 is 22.8 Å². The Balaban J connectivity index is 1.31. The third-order valence-corrected chi connectivity index (χ3v) is 8.45. The fourth-order valence-corrected chi connectivity index (χ4v) is 6.18. The number of nitrogens with two attached hydrogens (primary N) is 2. The number of carboxylic acid groups (broad SMARTS) is 1. The van der Waals surface area contributed by atoms with Crippen molar-refractivity contribution in [3.63, 3.8) is 0 Å². The number of aromatic carboxylic acids is 1. The number of fused-ring (bicyclic) bond motifs is 1. The largest absolute Gasteiger partial charge is 0.489 e. The van der Waals surface area contributed by atoms with Crippen LogP contribution in [-0.2, 0) is 6.61 Å². The van der Waals surface area contributed by atoms with Crippen molar-refractivity contribution in [3.8, 4) is 28.3 Å². The highest BCUT2D eigenvalue weighted by atomic mass is 19.1. The van der Waals surface area contributed by atoms with Crippen molar-refractivity contribution < 1.29 is 19.0 Å². The van der Waals surface area contributed by atoms with Gasteiger partial charge in [-0.2, -0.15) is 5.10 Å². The Morgan fingerprint density at radius 1 is 1.00 bits per heavy atom. The van der Waals surface area contributed by atoms with Gasteiger partial charge in [0.05, 0.1) is 22.2 Å². The fraction of sp³-hybridized carbons (Fsp3) is 0.229. The quantitative estimate of drug-likeness (QED) is 0.0668. The Bertz CT molecular complexity index is 1890. The van der Waals surface area contributed by atoms with Crippen molar-refractivity contribution in [1.29, 1.82) is 0 Å². The van der Waals surface area contributed by atoms with Gasteiger partial charge in [-0.25, -0.2) is 20.0 Å². The van der Waals surface area contributed by atoms with Crippen LogP contribution in [0, 0.1) is 12.7 Å². The zero-order valence-corrected chi connectivity index (χ0v) is 25.0. The van der Waals surface area contributed by atoms with E-state index in [1.807, 2.05) is 43.3 Å². The molecule has 4 aromatic carbocycles. The molecule has 230 valence electrons. The number of imidazole rings is 1. The molecule has 0 aliphatic heterocycles. The van der Waals surface area contributed by atoms with Crippen molar-refractivity contribution in [2.24, 2.45) is 16.8 Å². The summed E-state index contributed by atoms with van der Waals surface area (Å²) in [5.74, 6) is 11.0. The first-order chi connectivity index (χ1) is 21.9. The molecule has 45 heavy (non-hydrogen) atoms. The summed E-state index contributed by atoms with van der Waals surface area (Å²) < 4.78 is 24.2. The standard InChI is InChI=1S/C35H35FN6O3/c1-21-7-14-28(22-8-10-23(11-9-22)35(43)44)25(17-21)20-45-27-13-15-29(30(36)19-27)34-39-31-18-24(33(40-37)41-38)12-16-32(31)42(34)26-5-3-2-4-6-26/h7-19,26H,2-6,20,37-38H2,1H3,(H,40,41)(H,43,44). The van der Waals surface area contributed by atoms with Gasteiger partial charge in [0.2, 0.25) is 0 Å². The monoisotopic (exact) mass is 606 g/mol. The molecule has 0 radical (unpaired) electrons. The third kappa shape index (κ3) is 6.09. The first kappa shape index (κ1) is 29.8. The van der Waals surface area contributed by atoms with Gasteiger partial charge in [-0.1, -0.05) is 55.2 Å². The third-order valence-electron chi connectivity index (χ3n) is 8.45. The lowest BCUT2D eigenvalue weighted by atomic mass is 9.94. The molecule has 6 rings (SSSR count). The predicted octanol–water partition coefficient (Wildman–Crippen LogP) is 6.68. The van der Waals surface area contributed by atoms with Gasteiger partial charge in [0, 0.05) is 17.7 Å². The molecular formula is C35H35FN6O3. The molecule has 1 aliphatic rings. The Morgan fingerprint density at radius 3 is 2.42 bits per heavy atom. The van der Waals surface area contributed by atoms with E-state index in [0.717, 1.165) is 53.5 Å². The van der Waals surface area contributed by atoms with Gasteiger partial charge in [0.1, 0.15) is 24.0 Å². The van der Waals surface area contributed by atoms with Crippen LogP contribution in [0.1, 0.15) is 65.2 Å². The number of aryl methyl sites for hydroxylation is 1. The van der Waals surface area contributed by atoms with E-state index in [2.05, 4.69) is 15.1 Å². The van der Waals surface area contributed by atoms with Crippen molar-refractivity contribution in [1.82, 2.24) is 15.0 Å². The second-order valence-electron chi connectivity index (χ2n) is 11.4. The molecule has 0 atom stereocenters. The van der Waals surface area contributed by atoms with Crippen LogP contribution < -0.4 is 21.8 Å². The molecule has 1 fully saturated rings. The second-order valence-corrected chi connectivity index (χ2v) is 11.4. The minimum absolute atomic E-state index is 0.208. The summed E-state index contributed by atoms with van der Waals surface area (Å²) in [6.07, 6.45) is 5.42. The number of halogens is 1. The van der Waals surface area contributed by atoms with E-state index in [1.54, 1.807) is 36.4 Å². The van der Waals surface area contributed by atoms with Gasteiger partial charge in [-0.15, -0.1) is 0 Å². The van der Waals surface area contributed by atoms with Crippen LogP contribution in [0.3, 0.4) is 0 Å². The SMILES string of the molecule is Cc1ccc(-c2ccc(C(=O)O)cc2)c(COc2ccc(-c3nc4cc(/C(=N/N)NN)ccc4n3C3CCCCC3)c(F)c2)c1. The van der Waals surface area contributed by atoms with Crippen LogP contribution in [0.5, 0.6) is 5.75 Å². The molecular weight excluding hydrogens is 571 g/mol. The molecule has 5 aromatic rings. The molecule has 10 heteroatoms. The molecule has 1 saturated carbocycles. The number of hydrazine groups is 1. The molecule has 0 saturated heterocycles. The highest BCUT2D eigenvalue weighted by Crippen LogP contribution is 2.38. The van der Waals surface area contributed by atoms with Crippen molar-refractivity contribution in [2.45, 2.75) is 51.7 Å². The van der Waals surface area contributed by atoms with Crippen LogP contribution >= 0.6 is 0 Å². The molecule has 0 spiro atoms. The number of hydrogen-bond acceptors (Lipinski definition) is 6. The smallest absolute Gasteiger partial charge is 0.335 e. The van der Waals surface area contributed by atoms with Crippen LogP contribution in [0.25, 0.3) is 33.5 Å². The van der Waals surface area contributed by atoms with Crippen molar-refractivity contribution in [3.05, 3.63) is 107 Å². The zero-order valence-electron chi connectivity index (χ0n) is 25.0. The second kappa shape index (κ2) is 12.8. The Morgan fingerprint density at radius 2 is 1.73 bits per heavy atom. The van der Waals surface area contributed by atoms with E-state index in [-0.39, 0.29) is 18.2 Å². The maximum absolute atomic E-state index is 15.9. The molecule has 1 heterocycles. The molecule has 0 amide bonds. The molecule has 1 aliphatic carbocycles. The molecule has 1 aromatic heterocycles. The average molecular weight is 607 g/mol. The van der Waals surface area contributed by atoms with Gasteiger partial charge in [0.15, 0.2) is 5.84 Å². The van der Waals surface area contributed by atoms with E-state index in [0.29, 0.717) is 34.1 Å². The normalized spacial score (nSPS) is 14.1. The van der Waals surface area contributed by atoms with Crippen LogP contribution in [0.15, 0.2) is 84.0 Å². The lowest BCUT2D eigenvalue weighted by Gasteiger charge is -2.26. The lowest BCUT2D eigenvalue weighted by Crippen LogP contribution is -2.32. The number of rotatable bonds is 8. The lowest BCUT2D eigenvalue weighted by molar-refractivity contribution is 0.0697. The summed E-state index contributed by atoms with van der Waals surface area (Å²) in [7, 11) is 0. The number of hydrogen-bond donors (Lipinski definition) is 4. The van der Waals surface area contributed by atoms with Crippen LogP contribution in [0.2, 0.25) is 0 Å². The summed E-state index contributed by atoms with van der Waals surface area (Å²) in [6, 6.07) is 23.5. The van der Waals surface area contributed by atoms with Gasteiger partial charge in [0.25, 0.3) is 0 Å². The minimum atomic E-state index is -0.974. The maximum atomic E-state index is 15.9. The zero-order chi connectivity index (χ0) is 31.5. The molecule has 6 N–H and O–H groups in total. The van der Waals surface area contributed by atoms with Gasteiger partial charge in [-0.05, 0) is 78.9 Å². The number of aromatic nitrogens is 2. The van der Waals surface area contributed by atoms with E-state index in [1.165, 1.54) is 12.5 Å². The van der Waals surface area contributed by atoms with Crippen molar-refractivity contribution in [2.75, 3.05) is 0 Å². The summed E-state index contributed by atoms with van der Waals surface area (Å²) in [5, 5.41) is 13.0. The Hall–Kier alpha value is -5.22. The Kier molecular flexibility index (Phi) is 8.48. The highest BCUT2D eigenvalue weighted by molar-refractivity contribution is 6.01. The summed E-state index contributed by atoms with van der Waals surface area (Å²) in [4.78, 5) is 16.2. The number of carbonyl (C=O) groups is 1. The summed E-state index contributed by atoms with van der Waals surface area (Å²) >= 11 is 0. The number of nitrogens with zero attached hydrogens (tertiary/aromatic N) is 3. The van der Waals surface area contributed by atoms with E-state index < -0.39 is 11.8 Å². The van der Waals surface area contributed by atoms with E-state index >= 15 is 4.39 Å². The van der Waals surface area contributed by atoms with Gasteiger partial charge >= 0.3 is 5.97 Å². The predicted molar refractivity (Wildman–Crippen MR) is 173 cm³/mol. The van der Waals surface area contributed by atoms with E-state index in [9.17, 15) is 9.90 Å². The topological polar surface area (TPSA) is 141 Å². The minimum Gasteiger partial charge on any atom is -0.489 e. The van der Waals surface area contributed by atoms with E-state index in [4.69, 9.17) is 21.4 Å². The number of nitrogens with one attached hydrogen (secondary N) is 1. The van der Waals surface area contributed by atoms with Crippen LogP contribution in [-0.4, -0.2) is 26.5 Å². The molecule has 9 nitrogen and oxygen atoms in total. The number of hydrazone groups is 1. The number of ether oxygens (including phenoxy) is 1. The molecule has 0 bridgehead atoms. The number of amidine groups is 1. The van der Waals surface area contributed by atoms with Crippen LogP contribution in [0.4, 0.5) is 4.39 Å². The maximum Gasteiger partial charge on any atom is 0.335 e. The highest BCUT2D eigenvalue weighted by Gasteiger charge is 2.24. The van der Waals surface area contributed by atoms with Gasteiger partial charge in [-0.3, -0.25) is 0 Å². The number of benzene rings is 4.